The van der Waals surface area contributed by atoms with Gasteiger partial charge in [0.1, 0.15) is 30.1 Å². The molecule has 256 valence electrons. The predicted octanol–water partition coefficient (Wildman–Crippen LogP) is 4.13. The normalized spacial score (nSPS) is 26.8. The second kappa shape index (κ2) is 14.2. The van der Waals surface area contributed by atoms with Gasteiger partial charge in [-0.1, -0.05) is 24.6 Å². The quantitative estimate of drug-likeness (QED) is 0.125. The Morgan fingerprint density at radius 3 is 2.66 bits per heavy atom. The van der Waals surface area contributed by atoms with Gasteiger partial charge in [-0.2, -0.15) is 15.1 Å². The number of aromatic nitrogens is 4. The van der Waals surface area contributed by atoms with Crippen molar-refractivity contribution in [1.82, 2.24) is 24.6 Å². The largest absolute Gasteiger partial charge is 0.476 e. The average molecular weight is 683 g/mol. The molecule has 1 saturated heterocycles. The number of ether oxygens (including phenoxy) is 3. The van der Waals surface area contributed by atoms with E-state index in [2.05, 4.69) is 25.4 Å². The van der Waals surface area contributed by atoms with Gasteiger partial charge in [0, 0.05) is 0 Å². The van der Waals surface area contributed by atoms with E-state index in [-0.39, 0.29) is 41.5 Å². The number of imidazole rings is 1. The highest BCUT2D eigenvalue weighted by Crippen LogP contribution is 2.52. The Bertz CT molecular complexity index is 1610. The van der Waals surface area contributed by atoms with Crippen molar-refractivity contribution in [2.24, 2.45) is 0 Å². The number of alkyl halides is 2. The first kappa shape index (κ1) is 34.6. The van der Waals surface area contributed by atoms with Crippen LogP contribution in [0.3, 0.4) is 0 Å². The zero-order valence-electron chi connectivity index (χ0n) is 26.0. The van der Waals surface area contributed by atoms with Crippen LogP contribution in [0.2, 0.25) is 0 Å². The molecule has 3 heterocycles. The first-order valence-corrected chi connectivity index (χ1v) is 16.7. The standard InChI is InChI=1S/C29H37F2N6O9P/c1-4-42-23-21-22(34-27(35-23)33-17-38)37(16-32-21)26-28(3,40)25(30)29(31,45-26)15-43-47(41,46-20-13-9-6-10-14-20)36-18(2)24(39)44-19-11-7-5-8-12-19/h6,9-10,13-14,16-19,25-26,40H,4-5,7-8,11-12,15H2,1-3H3,(H,36,41)(H,33,34,35,38)/t18-,25?,26+,28+,29+,47?/m0/s1. The number of nitrogens with one attached hydrogen (secondary N) is 2. The monoisotopic (exact) mass is 682 g/mol. The van der Waals surface area contributed by atoms with E-state index in [1.54, 1.807) is 25.1 Å². The Hall–Kier alpha value is -3.76. The second-order valence-electron chi connectivity index (χ2n) is 11.4. The molecule has 6 atom stereocenters. The number of carbonyl (C=O) groups excluding carboxylic acids is 2. The van der Waals surface area contributed by atoms with Crippen LogP contribution in [0.1, 0.15) is 59.1 Å². The van der Waals surface area contributed by atoms with Gasteiger partial charge in [0.2, 0.25) is 18.2 Å². The molecule has 1 aliphatic carbocycles. The van der Waals surface area contributed by atoms with Crippen molar-refractivity contribution in [2.75, 3.05) is 18.5 Å². The van der Waals surface area contributed by atoms with Gasteiger partial charge in [-0.25, -0.2) is 18.3 Å². The number of benzene rings is 1. The first-order chi connectivity index (χ1) is 22.4. The van der Waals surface area contributed by atoms with Crippen LogP contribution < -0.4 is 19.7 Å². The summed E-state index contributed by atoms with van der Waals surface area (Å²) in [4.78, 5) is 36.3. The molecule has 2 aromatic heterocycles. The summed E-state index contributed by atoms with van der Waals surface area (Å²) in [5, 5.41) is 15.9. The first-order valence-electron chi connectivity index (χ1n) is 15.2. The highest BCUT2D eigenvalue weighted by Gasteiger charge is 2.65. The third-order valence-electron chi connectivity index (χ3n) is 7.75. The lowest BCUT2D eigenvalue weighted by atomic mass is 9.97. The van der Waals surface area contributed by atoms with Gasteiger partial charge in [0.15, 0.2) is 23.6 Å². The third kappa shape index (κ3) is 7.54. The maximum atomic E-state index is 16.4. The number of hydrogen-bond acceptors (Lipinski definition) is 12. The van der Waals surface area contributed by atoms with Crippen LogP contribution in [0, 0.1) is 0 Å². The van der Waals surface area contributed by atoms with Crippen molar-refractivity contribution in [3.63, 3.8) is 0 Å². The molecular formula is C29H37F2N6O9P. The molecule has 0 spiro atoms. The highest BCUT2D eigenvalue weighted by atomic mass is 31.2. The molecule has 2 aliphatic rings. The van der Waals surface area contributed by atoms with E-state index < -0.39 is 50.2 Å². The molecule has 2 fully saturated rings. The number of hydrogen-bond donors (Lipinski definition) is 3. The van der Waals surface area contributed by atoms with Gasteiger partial charge >= 0.3 is 13.7 Å². The molecule has 1 aromatic carbocycles. The van der Waals surface area contributed by atoms with Gasteiger partial charge in [-0.15, -0.1) is 0 Å². The molecule has 2 unspecified atom stereocenters. The van der Waals surface area contributed by atoms with Crippen LogP contribution in [-0.4, -0.2) is 80.0 Å². The molecule has 1 saturated carbocycles. The van der Waals surface area contributed by atoms with E-state index in [1.807, 2.05) is 0 Å². The number of para-hydroxylation sites is 1. The van der Waals surface area contributed by atoms with Crippen LogP contribution in [0.4, 0.5) is 14.7 Å². The van der Waals surface area contributed by atoms with Gasteiger partial charge in [-0.3, -0.25) is 24.0 Å². The smallest absolute Gasteiger partial charge is 0.459 e. The Balaban J connectivity index is 1.38. The molecule has 3 aromatic rings. The fraction of sp³-hybridized carbons (Fsp3) is 0.552. The predicted molar refractivity (Wildman–Crippen MR) is 162 cm³/mol. The van der Waals surface area contributed by atoms with Crippen molar-refractivity contribution in [2.45, 2.75) is 88.9 Å². The lowest BCUT2D eigenvalue weighted by Gasteiger charge is -2.28. The number of fused-ring (bicyclic) bond motifs is 1. The molecule has 3 N–H and O–H groups in total. The third-order valence-corrected chi connectivity index (χ3v) is 9.37. The Morgan fingerprint density at radius 1 is 1.26 bits per heavy atom. The van der Waals surface area contributed by atoms with Crippen molar-refractivity contribution < 1.29 is 51.3 Å². The number of anilines is 1. The number of esters is 1. The molecule has 0 bridgehead atoms. The van der Waals surface area contributed by atoms with Crippen LogP contribution >= 0.6 is 7.75 Å². The van der Waals surface area contributed by atoms with Crippen LogP contribution in [-0.2, 0) is 28.2 Å². The maximum absolute atomic E-state index is 16.4. The van der Waals surface area contributed by atoms with Gasteiger partial charge in [0.25, 0.3) is 5.85 Å². The zero-order chi connectivity index (χ0) is 33.8. The number of halogens is 2. The molecule has 0 radical (unpaired) electrons. The molecule has 18 heteroatoms. The molecular weight excluding hydrogens is 645 g/mol. The molecule has 5 rings (SSSR count). The number of amides is 1. The van der Waals surface area contributed by atoms with E-state index in [0.29, 0.717) is 19.3 Å². The Labute approximate surface area is 268 Å². The number of nitrogens with zero attached hydrogens (tertiary/aromatic N) is 4. The van der Waals surface area contributed by atoms with Crippen LogP contribution in [0.5, 0.6) is 11.6 Å². The summed E-state index contributed by atoms with van der Waals surface area (Å²) in [6.07, 6.45) is 0.857. The van der Waals surface area contributed by atoms with Crippen LogP contribution in [0.25, 0.3) is 11.2 Å². The van der Waals surface area contributed by atoms with Crippen molar-refractivity contribution in [3.8, 4) is 11.6 Å². The van der Waals surface area contributed by atoms with E-state index in [4.69, 9.17) is 23.3 Å². The van der Waals surface area contributed by atoms with E-state index >= 15 is 8.78 Å². The zero-order valence-corrected chi connectivity index (χ0v) is 26.9. The van der Waals surface area contributed by atoms with Gasteiger partial charge < -0.3 is 23.8 Å². The highest BCUT2D eigenvalue weighted by molar-refractivity contribution is 7.52. The lowest BCUT2D eigenvalue weighted by molar-refractivity contribution is -0.192. The Kier molecular flexibility index (Phi) is 10.4. The number of carbonyl (C=O) groups is 2. The van der Waals surface area contributed by atoms with Gasteiger partial charge in [-0.05, 0) is 58.6 Å². The van der Waals surface area contributed by atoms with E-state index in [1.165, 1.54) is 19.1 Å². The molecule has 1 amide bonds. The summed E-state index contributed by atoms with van der Waals surface area (Å²) in [5.41, 5.74) is -2.58. The van der Waals surface area contributed by atoms with Crippen LogP contribution in [0.15, 0.2) is 36.7 Å². The number of aliphatic hydroxyl groups is 1. The van der Waals surface area contributed by atoms with Gasteiger partial charge in [0.05, 0.1) is 12.9 Å². The summed E-state index contributed by atoms with van der Waals surface area (Å²) >= 11 is 0. The lowest BCUT2D eigenvalue weighted by Crippen LogP contribution is -2.46. The minimum absolute atomic E-state index is 0.0360. The fourth-order valence-electron chi connectivity index (χ4n) is 5.41. The Morgan fingerprint density at radius 2 is 1.98 bits per heavy atom. The van der Waals surface area contributed by atoms with E-state index in [0.717, 1.165) is 37.1 Å². The van der Waals surface area contributed by atoms with Crippen molar-refractivity contribution in [1.29, 1.82) is 0 Å². The summed E-state index contributed by atoms with van der Waals surface area (Å²) in [5.74, 6) is -4.31. The van der Waals surface area contributed by atoms with E-state index in [9.17, 15) is 19.3 Å². The second-order valence-corrected chi connectivity index (χ2v) is 13.1. The van der Waals surface area contributed by atoms with Crippen molar-refractivity contribution >= 4 is 37.2 Å². The SMILES string of the molecule is CCOc1nc(NC=O)nc2c1ncn2[C@@H]1O[C@](F)(COP(=O)(N[C@@H](C)C(=O)OC2CCCCC2)Oc2ccccc2)C(F)[C@@]1(C)O. The minimum Gasteiger partial charge on any atom is -0.476 e. The average Bonchev–Trinajstić information content (AvgIpc) is 3.54. The summed E-state index contributed by atoms with van der Waals surface area (Å²) in [6.45, 7) is 2.88. The summed E-state index contributed by atoms with van der Waals surface area (Å²) in [6, 6.07) is 6.53. The topological polar surface area (TPSA) is 185 Å². The minimum atomic E-state index is -4.63. The number of rotatable bonds is 14. The van der Waals surface area contributed by atoms with Crippen molar-refractivity contribution in [3.05, 3.63) is 36.7 Å². The maximum Gasteiger partial charge on any atom is 0.459 e. The molecule has 47 heavy (non-hydrogen) atoms. The summed E-state index contributed by atoms with van der Waals surface area (Å²) < 4.78 is 74.7. The molecule has 1 aliphatic heterocycles. The molecule has 15 nitrogen and oxygen atoms in total. The fourth-order valence-corrected chi connectivity index (χ4v) is 6.92. The summed E-state index contributed by atoms with van der Waals surface area (Å²) in [7, 11) is -4.63.